The maximum Gasteiger partial charge on any atom is 0.303 e. The number of carboxylic acids is 1. The molecule has 2 N–H and O–H groups in total. The zero-order valence-corrected chi connectivity index (χ0v) is 13.2. The van der Waals surface area contributed by atoms with Crippen LogP contribution in [0.1, 0.15) is 52.4 Å². The Labute approximate surface area is 127 Å². The molecule has 120 valence electrons. The van der Waals surface area contributed by atoms with Crippen LogP contribution in [-0.4, -0.2) is 47.1 Å². The number of rotatable bonds is 4. The van der Waals surface area contributed by atoms with Crippen molar-refractivity contribution in [2.24, 2.45) is 11.8 Å². The Bertz CT molecular complexity index is 391. The molecule has 2 aliphatic rings. The highest BCUT2D eigenvalue weighted by Gasteiger charge is 2.39. The molecule has 0 aromatic carbocycles. The fourth-order valence-electron chi connectivity index (χ4n) is 3.69. The van der Waals surface area contributed by atoms with Gasteiger partial charge in [-0.25, -0.2) is 0 Å². The third kappa shape index (κ3) is 3.96. The summed E-state index contributed by atoms with van der Waals surface area (Å²) in [5, 5.41) is 12.3. The smallest absolute Gasteiger partial charge is 0.303 e. The molecule has 2 rings (SSSR count). The van der Waals surface area contributed by atoms with Crippen molar-refractivity contribution in [3.63, 3.8) is 0 Å². The van der Waals surface area contributed by atoms with Crippen LogP contribution in [0, 0.1) is 11.8 Å². The Morgan fingerprint density at radius 1 is 1.38 bits per heavy atom. The number of carbonyl (C=O) groups is 2. The number of amides is 1. The van der Waals surface area contributed by atoms with E-state index in [4.69, 9.17) is 5.11 Å². The van der Waals surface area contributed by atoms with Gasteiger partial charge < -0.3 is 15.3 Å². The summed E-state index contributed by atoms with van der Waals surface area (Å²) in [5.74, 6) is -0.0995. The van der Waals surface area contributed by atoms with Crippen molar-refractivity contribution in [2.75, 3.05) is 19.6 Å². The molecular formula is C16H28N2O3. The standard InChI is InChI=1S/C16H28N2O3/c1-12(10-14(19)20)13-6-5-9-18(11-13)15(21)16(2)7-3-4-8-17-16/h12-13,17H,3-11H2,1-2H3,(H,19,20). The van der Waals surface area contributed by atoms with Gasteiger partial charge in [0.1, 0.15) is 0 Å². The van der Waals surface area contributed by atoms with Crippen molar-refractivity contribution >= 4 is 11.9 Å². The molecule has 0 bridgehead atoms. The van der Waals surface area contributed by atoms with E-state index in [1.54, 1.807) is 0 Å². The van der Waals surface area contributed by atoms with Crippen LogP contribution in [0.25, 0.3) is 0 Å². The molecule has 1 amide bonds. The predicted octanol–water partition coefficient (Wildman–Crippen LogP) is 1.87. The van der Waals surface area contributed by atoms with Gasteiger partial charge in [-0.1, -0.05) is 6.92 Å². The molecule has 0 spiro atoms. The highest BCUT2D eigenvalue weighted by Crippen LogP contribution is 2.29. The van der Waals surface area contributed by atoms with Crippen LogP contribution in [-0.2, 0) is 9.59 Å². The summed E-state index contributed by atoms with van der Waals surface area (Å²) in [6.07, 6.45) is 5.35. The van der Waals surface area contributed by atoms with E-state index in [2.05, 4.69) is 5.32 Å². The quantitative estimate of drug-likeness (QED) is 0.831. The van der Waals surface area contributed by atoms with Gasteiger partial charge in [-0.2, -0.15) is 0 Å². The van der Waals surface area contributed by atoms with Crippen LogP contribution in [0.15, 0.2) is 0 Å². The zero-order valence-electron chi connectivity index (χ0n) is 13.2. The van der Waals surface area contributed by atoms with E-state index >= 15 is 0 Å². The molecule has 0 aliphatic carbocycles. The molecule has 3 unspecified atom stereocenters. The maximum absolute atomic E-state index is 12.8. The van der Waals surface area contributed by atoms with Crippen LogP contribution in [0.3, 0.4) is 0 Å². The average molecular weight is 296 g/mol. The molecule has 2 fully saturated rings. The number of piperidine rings is 2. The summed E-state index contributed by atoms with van der Waals surface area (Å²) in [6.45, 7) is 6.44. The van der Waals surface area contributed by atoms with Crippen LogP contribution in [0.5, 0.6) is 0 Å². The Balaban J connectivity index is 1.96. The highest BCUT2D eigenvalue weighted by atomic mass is 16.4. The number of nitrogens with zero attached hydrogens (tertiary/aromatic N) is 1. The number of hydrogen-bond donors (Lipinski definition) is 2. The molecule has 0 saturated carbocycles. The second-order valence-electron chi connectivity index (χ2n) is 6.94. The Hall–Kier alpha value is -1.10. The lowest BCUT2D eigenvalue weighted by molar-refractivity contribution is -0.141. The number of likely N-dealkylation sites (tertiary alicyclic amines) is 1. The van der Waals surface area contributed by atoms with Crippen molar-refractivity contribution in [1.29, 1.82) is 0 Å². The fraction of sp³-hybridized carbons (Fsp3) is 0.875. The van der Waals surface area contributed by atoms with Gasteiger partial charge in [0.2, 0.25) is 5.91 Å². The number of nitrogens with one attached hydrogen (secondary N) is 1. The first-order valence-electron chi connectivity index (χ1n) is 8.18. The normalized spacial score (nSPS) is 31.7. The largest absolute Gasteiger partial charge is 0.481 e. The van der Waals surface area contributed by atoms with Gasteiger partial charge in [-0.15, -0.1) is 0 Å². The van der Waals surface area contributed by atoms with Gasteiger partial charge in [0, 0.05) is 19.5 Å². The summed E-state index contributed by atoms with van der Waals surface area (Å²) in [5.41, 5.74) is -0.420. The topological polar surface area (TPSA) is 69.6 Å². The molecule has 21 heavy (non-hydrogen) atoms. The Morgan fingerprint density at radius 2 is 2.14 bits per heavy atom. The first-order chi connectivity index (χ1) is 9.92. The molecular weight excluding hydrogens is 268 g/mol. The maximum atomic E-state index is 12.8. The summed E-state index contributed by atoms with van der Waals surface area (Å²) in [6, 6.07) is 0. The number of aliphatic carboxylic acids is 1. The van der Waals surface area contributed by atoms with Crippen LogP contribution in [0.2, 0.25) is 0 Å². The van der Waals surface area contributed by atoms with E-state index in [0.29, 0.717) is 12.5 Å². The van der Waals surface area contributed by atoms with Crippen LogP contribution < -0.4 is 5.32 Å². The summed E-state index contributed by atoms with van der Waals surface area (Å²) < 4.78 is 0. The van der Waals surface area contributed by atoms with Crippen molar-refractivity contribution < 1.29 is 14.7 Å². The number of hydrogen-bond acceptors (Lipinski definition) is 3. The van der Waals surface area contributed by atoms with E-state index in [1.165, 1.54) is 0 Å². The second-order valence-corrected chi connectivity index (χ2v) is 6.94. The lowest BCUT2D eigenvalue weighted by atomic mass is 9.83. The predicted molar refractivity (Wildman–Crippen MR) is 81.0 cm³/mol. The van der Waals surface area contributed by atoms with E-state index < -0.39 is 11.5 Å². The van der Waals surface area contributed by atoms with E-state index in [1.807, 2.05) is 18.7 Å². The van der Waals surface area contributed by atoms with Gasteiger partial charge in [0.15, 0.2) is 0 Å². The van der Waals surface area contributed by atoms with Crippen molar-refractivity contribution in [2.45, 2.75) is 57.9 Å². The molecule has 5 heteroatoms. The van der Waals surface area contributed by atoms with E-state index in [-0.39, 0.29) is 18.2 Å². The minimum Gasteiger partial charge on any atom is -0.481 e. The third-order valence-electron chi connectivity index (χ3n) is 5.14. The van der Waals surface area contributed by atoms with Gasteiger partial charge in [-0.05, 0) is 57.4 Å². The van der Waals surface area contributed by atoms with Crippen molar-refractivity contribution in [3.05, 3.63) is 0 Å². The zero-order chi connectivity index (χ0) is 15.5. The molecule has 2 aliphatic heterocycles. The third-order valence-corrected chi connectivity index (χ3v) is 5.14. The molecule has 0 aromatic heterocycles. The lowest BCUT2D eigenvalue weighted by Gasteiger charge is -2.42. The van der Waals surface area contributed by atoms with E-state index in [9.17, 15) is 9.59 Å². The highest BCUT2D eigenvalue weighted by molar-refractivity contribution is 5.86. The average Bonchev–Trinajstić information content (AvgIpc) is 2.46. The molecule has 5 nitrogen and oxygen atoms in total. The lowest BCUT2D eigenvalue weighted by Crippen LogP contribution is -2.59. The van der Waals surface area contributed by atoms with Gasteiger partial charge in [0.05, 0.1) is 5.54 Å². The number of carbonyl (C=O) groups excluding carboxylic acids is 1. The van der Waals surface area contributed by atoms with Crippen LogP contribution >= 0.6 is 0 Å². The van der Waals surface area contributed by atoms with E-state index in [0.717, 1.165) is 45.2 Å². The van der Waals surface area contributed by atoms with Gasteiger partial charge in [-0.3, -0.25) is 9.59 Å². The fourth-order valence-corrected chi connectivity index (χ4v) is 3.69. The minimum atomic E-state index is -0.744. The summed E-state index contributed by atoms with van der Waals surface area (Å²) >= 11 is 0. The number of carboxylic acid groups (broad SMARTS) is 1. The molecule has 2 heterocycles. The first-order valence-corrected chi connectivity index (χ1v) is 8.18. The molecule has 0 aromatic rings. The molecule has 2 saturated heterocycles. The summed E-state index contributed by atoms with van der Waals surface area (Å²) in [7, 11) is 0. The van der Waals surface area contributed by atoms with Gasteiger partial charge >= 0.3 is 5.97 Å². The molecule has 3 atom stereocenters. The Kier molecular flexibility index (Phi) is 5.25. The molecule has 0 radical (unpaired) electrons. The SMILES string of the molecule is CC(CC(=O)O)C1CCCN(C(=O)C2(C)CCCCN2)C1. The van der Waals surface area contributed by atoms with Crippen molar-refractivity contribution in [3.8, 4) is 0 Å². The Morgan fingerprint density at radius 3 is 2.76 bits per heavy atom. The summed E-state index contributed by atoms with van der Waals surface area (Å²) in [4.78, 5) is 25.7. The van der Waals surface area contributed by atoms with Crippen LogP contribution in [0.4, 0.5) is 0 Å². The van der Waals surface area contributed by atoms with Crippen molar-refractivity contribution in [1.82, 2.24) is 10.2 Å². The van der Waals surface area contributed by atoms with Gasteiger partial charge in [0.25, 0.3) is 0 Å². The first kappa shape index (κ1) is 16.3. The second kappa shape index (κ2) is 6.77. The minimum absolute atomic E-state index is 0.130. The monoisotopic (exact) mass is 296 g/mol.